The zero-order valence-corrected chi connectivity index (χ0v) is 11.4. The molecule has 1 aliphatic heterocycles. The molecule has 96 valence electrons. The highest BCUT2D eigenvalue weighted by Gasteiger charge is 2.28. The summed E-state index contributed by atoms with van der Waals surface area (Å²) in [7, 11) is 4.33. The van der Waals surface area contributed by atoms with Crippen molar-refractivity contribution in [2.75, 3.05) is 40.3 Å². The Morgan fingerprint density at radius 1 is 1.44 bits per heavy atom. The van der Waals surface area contributed by atoms with E-state index >= 15 is 0 Å². The molecule has 1 heterocycles. The molecule has 1 aliphatic rings. The number of rotatable bonds is 5. The Hall–Kier alpha value is -0.120. The average Bonchev–Trinajstić information content (AvgIpc) is 2.29. The van der Waals surface area contributed by atoms with Gasteiger partial charge in [-0.05, 0) is 39.9 Å². The monoisotopic (exact) mass is 228 g/mol. The largest absolute Gasteiger partial charge is 0.396 e. The van der Waals surface area contributed by atoms with Gasteiger partial charge >= 0.3 is 0 Å². The van der Waals surface area contributed by atoms with Crippen molar-refractivity contribution < 1.29 is 5.11 Å². The number of likely N-dealkylation sites (tertiary alicyclic amines) is 1. The summed E-state index contributed by atoms with van der Waals surface area (Å²) in [6.45, 7) is 8.04. The minimum Gasteiger partial charge on any atom is -0.396 e. The van der Waals surface area contributed by atoms with Crippen LogP contribution in [-0.4, -0.2) is 61.3 Å². The smallest absolute Gasteiger partial charge is 0.0496 e. The van der Waals surface area contributed by atoms with E-state index in [4.69, 9.17) is 0 Å². The standard InChI is InChI=1S/C13H28N2O/c1-5-13(2,11-16)10-15-8-6-7-12(9-15)14(3)4/h12,16H,5-11H2,1-4H3. The van der Waals surface area contributed by atoms with E-state index in [-0.39, 0.29) is 5.41 Å². The van der Waals surface area contributed by atoms with E-state index in [1.807, 2.05) is 0 Å². The lowest BCUT2D eigenvalue weighted by atomic mass is 9.87. The number of hydrogen-bond donors (Lipinski definition) is 1. The lowest BCUT2D eigenvalue weighted by Gasteiger charge is -2.40. The third-order valence-corrected chi connectivity index (χ3v) is 4.05. The summed E-state index contributed by atoms with van der Waals surface area (Å²) >= 11 is 0. The van der Waals surface area contributed by atoms with Crippen LogP contribution in [0.4, 0.5) is 0 Å². The van der Waals surface area contributed by atoms with Crippen LogP contribution in [0.15, 0.2) is 0 Å². The van der Waals surface area contributed by atoms with Gasteiger partial charge in [0, 0.05) is 31.2 Å². The van der Waals surface area contributed by atoms with E-state index in [9.17, 15) is 5.11 Å². The van der Waals surface area contributed by atoms with Crippen LogP contribution in [0.25, 0.3) is 0 Å². The van der Waals surface area contributed by atoms with Gasteiger partial charge in [0.15, 0.2) is 0 Å². The molecule has 2 unspecified atom stereocenters. The second kappa shape index (κ2) is 5.99. The Bertz CT molecular complexity index is 202. The minimum absolute atomic E-state index is 0.0776. The molecule has 1 fully saturated rings. The zero-order chi connectivity index (χ0) is 12.2. The Kier molecular flexibility index (Phi) is 5.22. The molecule has 0 aromatic rings. The minimum atomic E-state index is 0.0776. The second-order valence-corrected chi connectivity index (χ2v) is 5.82. The molecule has 3 heteroatoms. The van der Waals surface area contributed by atoms with Gasteiger partial charge in [0.1, 0.15) is 0 Å². The number of piperidine rings is 1. The van der Waals surface area contributed by atoms with Gasteiger partial charge in [0.25, 0.3) is 0 Å². The SMILES string of the molecule is CCC(C)(CO)CN1CCCC(N(C)C)C1. The Morgan fingerprint density at radius 2 is 2.12 bits per heavy atom. The number of aliphatic hydroxyl groups is 1. The molecule has 1 rings (SSSR count). The van der Waals surface area contributed by atoms with Gasteiger partial charge in [-0.25, -0.2) is 0 Å². The number of aliphatic hydroxyl groups excluding tert-OH is 1. The molecule has 0 aromatic heterocycles. The maximum absolute atomic E-state index is 9.45. The molecule has 0 aliphatic carbocycles. The van der Waals surface area contributed by atoms with Crippen LogP contribution in [-0.2, 0) is 0 Å². The van der Waals surface area contributed by atoms with Gasteiger partial charge in [-0.3, -0.25) is 0 Å². The van der Waals surface area contributed by atoms with Gasteiger partial charge in [0.05, 0.1) is 0 Å². The summed E-state index contributed by atoms with van der Waals surface area (Å²) in [4.78, 5) is 4.85. The molecule has 16 heavy (non-hydrogen) atoms. The summed E-state index contributed by atoms with van der Waals surface area (Å²) in [6.07, 6.45) is 3.65. The number of hydrogen-bond acceptors (Lipinski definition) is 3. The molecule has 2 atom stereocenters. The number of nitrogens with zero attached hydrogens (tertiary/aromatic N) is 2. The van der Waals surface area contributed by atoms with Crippen molar-refractivity contribution >= 4 is 0 Å². The van der Waals surface area contributed by atoms with E-state index in [1.165, 1.54) is 19.4 Å². The van der Waals surface area contributed by atoms with Crippen molar-refractivity contribution in [2.24, 2.45) is 5.41 Å². The first-order valence-electron chi connectivity index (χ1n) is 6.50. The maximum atomic E-state index is 9.45. The highest BCUT2D eigenvalue weighted by atomic mass is 16.3. The van der Waals surface area contributed by atoms with Crippen molar-refractivity contribution in [1.82, 2.24) is 9.80 Å². The molecule has 1 N–H and O–H groups in total. The molecule has 0 spiro atoms. The van der Waals surface area contributed by atoms with Crippen LogP contribution in [0.1, 0.15) is 33.1 Å². The van der Waals surface area contributed by atoms with Gasteiger partial charge < -0.3 is 14.9 Å². The summed E-state index contributed by atoms with van der Waals surface area (Å²) < 4.78 is 0. The zero-order valence-electron chi connectivity index (χ0n) is 11.4. The predicted molar refractivity (Wildman–Crippen MR) is 68.6 cm³/mol. The van der Waals surface area contributed by atoms with Crippen LogP contribution < -0.4 is 0 Å². The topological polar surface area (TPSA) is 26.7 Å². The highest BCUT2D eigenvalue weighted by Crippen LogP contribution is 2.24. The molecule has 0 radical (unpaired) electrons. The van der Waals surface area contributed by atoms with Crippen LogP contribution in [0.2, 0.25) is 0 Å². The maximum Gasteiger partial charge on any atom is 0.0496 e. The fourth-order valence-electron chi connectivity index (χ4n) is 2.41. The first kappa shape index (κ1) is 13.9. The summed E-state index contributed by atoms with van der Waals surface area (Å²) in [5.74, 6) is 0. The fourth-order valence-corrected chi connectivity index (χ4v) is 2.41. The summed E-state index contributed by atoms with van der Waals surface area (Å²) in [5.41, 5.74) is 0.0776. The molecule has 0 bridgehead atoms. The van der Waals surface area contributed by atoms with E-state index in [1.54, 1.807) is 0 Å². The van der Waals surface area contributed by atoms with Crippen LogP contribution in [0.3, 0.4) is 0 Å². The Labute approximate surface area is 100 Å². The molecular weight excluding hydrogens is 200 g/mol. The predicted octanol–water partition coefficient (Wildman–Crippen LogP) is 1.42. The van der Waals surface area contributed by atoms with E-state index in [0.717, 1.165) is 19.5 Å². The fraction of sp³-hybridized carbons (Fsp3) is 1.00. The van der Waals surface area contributed by atoms with Gasteiger partial charge in [-0.1, -0.05) is 13.8 Å². The van der Waals surface area contributed by atoms with Crippen molar-refractivity contribution in [3.8, 4) is 0 Å². The lowest BCUT2D eigenvalue weighted by Crippen LogP contribution is -2.48. The Balaban J connectivity index is 2.48. The molecular formula is C13H28N2O. The van der Waals surface area contributed by atoms with Crippen LogP contribution in [0.5, 0.6) is 0 Å². The Morgan fingerprint density at radius 3 is 2.62 bits per heavy atom. The summed E-state index contributed by atoms with van der Waals surface area (Å²) in [6, 6.07) is 0.688. The molecule has 3 nitrogen and oxygen atoms in total. The van der Waals surface area contributed by atoms with E-state index < -0.39 is 0 Å². The highest BCUT2D eigenvalue weighted by molar-refractivity contribution is 4.83. The molecule has 0 amide bonds. The van der Waals surface area contributed by atoms with Gasteiger partial charge in [0.2, 0.25) is 0 Å². The van der Waals surface area contributed by atoms with Gasteiger partial charge in [-0.15, -0.1) is 0 Å². The number of likely N-dealkylation sites (N-methyl/N-ethyl adjacent to an activating group) is 1. The first-order valence-corrected chi connectivity index (χ1v) is 6.50. The van der Waals surface area contributed by atoms with Crippen LogP contribution in [0, 0.1) is 5.41 Å². The first-order chi connectivity index (χ1) is 7.50. The lowest BCUT2D eigenvalue weighted by molar-refractivity contribution is 0.0536. The third kappa shape index (κ3) is 3.72. The van der Waals surface area contributed by atoms with Crippen molar-refractivity contribution in [1.29, 1.82) is 0 Å². The molecule has 0 aromatic carbocycles. The summed E-state index contributed by atoms with van der Waals surface area (Å²) in [5, 5.41) is 9.45. The molecule has 0 saturated carbocycles. The van der Waals surface area contributed by atoms with Crippen molar-refractivity contribution in [2.45, 2.75) is 39.2 Å². The van der Waals surface area contributed by atoms with E-state index in [2.05, 4.69) is 37.7 Å². The quantitative estimate of drug-likeness (QED) is 0.771. The average molecular weight is 228 g/mol. The van der Waals surface area contributed by atoms with Gasteiger partial charge in [-0.2, -0.15) is 0 Å². The van der Waals surface area contributed by atoms with Crippen molar-refractivity contribution in [3.63, 3.8) is 0 Å². The normalized spacial score (nSPS) is 27.0. The third-order valence-electron chi connectivity index (χ3n) is 4.05. The second-order valence-electron chi connectivity index (χ2n) is 5.82. The van der Waals surface area contributed by atoms with E-state index in [0.29, 0.717) is 12.6 Å². The molecule has 1 saturated heterocycles. The van der Waals surface area contributed by atoms with Crippen molar-refractivity contribution in [3.05, 3.63) is 0 Å². The van der Waals surface area contributed by atoms with Crippen LogP contribution >= 0.6 is 0 Å².